The number of fused-ring (bicyclic) bond motifs is 2. The van der Waals surface area contributed by atoms with Crippen LogP contribution in [0.2, 0.25) is 0 Å². The number of nitrogens with zero attached hydrogens (tertiary/aromatic N) is 1. The molecule has 24 heavy (non-hydrogen) atoms. The van der Waals surface area contributed by atoms with E-state index >= 15 is 0 Å². The van der Waals surface area contributed by atoms with E-state index in [0.717, 1.165) is 24.8 Å². The van der Waals surface area contributed by atoms with Gasteiger partial charge in [-0.15, -0.1) is 0 Å². The monoisotopic (exact) mass is 326 g/mol. The van der Waals surface area contributed by atoms with Gasteiger partial charge in [0.2, 0.25) is 5.91 Å². The van der Waals surface area contributed by atoms with Gasteiger partial charge in [0, 0.05) is 19.5 Å². The molecule has 0 radical (unpaired) electrons. The summed E-state index contributed by atoms with van der Waals surface area (Å²) in [6, 6.07) is 8.78. The van der Waals surface area contributed by atoms with Gasteiger partial charge in [0.25, 0.3) is 0 Å². The minimum Gasteiger partial charge on any atom is -0.352 e. The minimum atomic E-state index is 0.244. The molecule has 1 aromatic carbocycles. The van der Waals surface area contributed by atoms with Crippen LogP contribution in [0.3, 0.4) is 0 Å². The molecule has 1 amide bonds. The van der Waals surface area contributed by atoms with E-state index in [9.17, 15) is 4.79 Å². The van der Waals surface area contributed by atoms with Crippen LogP contribution in [-0.2, 0) is 17.9 Å². The zero-order valence-corrected chi connectivity index (χ0v) is 14.7. The molecule has 4 rings (SSSR count). The number of nitrogens with one attached hydrogen (secondary N) is 1. The van der Waals surface area contributed by atoms with Crippen LogP contribution in [0.25, 0.3) is 0 Å². The molecule has 3 heteroatoms. The highest BCUT2D eigenvalue weighted by Crippen LogP contribution is 2.49. The van der Waals surface area contributed by atoms with Crippen molar-refractivity contribution >= 4 is 5.91 Å². The fourth-order valence-corrected chi connectivity index (χ4v) is 5.10. The van der Waals surface area contributed by atoms with Crippen molar-refractivity contribution in [1.29, 1.82) is 0 Å². The lowest BCUT2D eigenvalue weighted by atomic mass is 9.86. The molecule has 1 saturated heterocycles. The SMILES string of the molecule is O=C(C[C@H]1C[C@@H]2CC[C@@H]1C2)NCc1ccc(CN2CCCC2)cc1. The van der Waals surface area contributed by atoms with Gasteiger partial charge in [0.15, 0.2) is 0 Å². The molecule has 0 spiro atoms. The third-order valence-corrected chi connectivity index (χ3v) is 6.45. The summed E-state index contributed by atoms with van der Waals surface area (Å²) in [5.74, 6) is 2.67. The number of carbonyl (C=O) groups is 1. The number of benzene rings is 1. The second kappa shape index (κ2) is 7.26. The largest absolute Gasteiger partial charge is 0.352 e. The number of amides is 1. The maximum absolute atomic E-state index is 12.2. The quantitative estimate of drug-likeness (QED) is 0.864. The Balaban J connectivity index is 1.21. The molecular formula is C21H30N2O. The normalized spacial score (nSPS) is 29.2. The second-order valence-corrected chi connectivity index (χ2v) is 8.22. The van der Waals surface area contributed by atoms with Crippen LogP contribution in [0.15, 0.2) is 24.3 Å². The van der Waals surface area contributed by atoms with Gasteiger partial charge < -0.3 is 5.32 Å². The topological polar surface area (TPSA) is 32.3 Å². The zero-order valence-electron chi connectivity index (χ0n) is 14.7. The summed E-state index contributed by atoms with van der Waals surface area (Å²) in [6.07, 6.45) is 8.88. The number of hydrogen-bond acceptors (Lipinski definition) is 2. The Kier molecular flexibility index (Phi) is 4.88. The maximum atomic E-state index is 12.2. The fraction of sp³-hybridized carbons (Fsp3) is 0.667. The van der Waals surface area contributed by atoms with Crippen LogP contribution < -0.4 is 5.32 Å². The van der Waals surface area contributed by atoms with Crippen molar-refractivity contribution in [3.8, 4) is 0 Å². The first kappa shape index (κ1) is 16.1. The number of hydrogen-bond donors (Lipinski definition) is 1. The maximum Gasteiger partial charge on any atom is 0.220 e. The van der Waals surface area contributed by atoms with E-state index < -0.39 is 0 Å². The summed E-state index contributed by atoms with van der Waals surface area (Å²) in [5, 5.41) is 3.13. The third-order valence-electron chi connectivity index (χ3n) is 6.45. The van der Waals surface area contributed by atoms with Gasteiger partial charge in [-0.2, -0.15) is 0 Å². The predicted octanol–water partition coefficient (Wildman–Crippen LogP) is 3.72. The van der Waals surface area contributed by atoms with E-state index in [2.05, 4.69) is 34.5 Å². The van der Waals surface area contributed by atoms with E-state index in [1.807, 2.05) is 0 Å². The van der Waals surface area contributed by atoms with E-state index in [1.165, 1.54) is 62.7 Å². The number of rotatable bonds is 6. The smallest absolute Gasteiger partial charge is 0.220 e. The first-order valence-corrected chi connectivity index (χ1v) is 9.83. The van der Waals surface area contributed by atoms with Gasteiger partial charge in [0.05, 0.1) is 0 Å². The van der Waals surface area contributed by atoms with Gasteiger partial charge in [-0.25, -0.2) is 0 Å². The van der Waals surface area contributed by atoms with Crippen molar-refractivity contribution in [1.82, 2.24) is 10.2 Å². The van der Waals surface area contributed by atoms with E-state index in [1.54, 1.807) is 0 Å². The minimum absolute atomic E-state index is 0.244. The molecule has 3 nitrogen and oxygen atoms in total. The molecule has 1 aromatic rings. The van der Waals surface area contributed by atoms with Crippen molar-refractivity contribution in [2.75, 3.05) is 13.1 Å². The lowest BCUT2D eigenvalue weighted by Crippen LogP contribution is -2.26. The average Bonchev–Trinajstić information content (AvgIpc) is 3.32. The standard InChI is InChI=1S/C21H30N2O/c24-21(13-20-12-18-7-8-19(20)11-18)22-14-16-3-5-17(6-4-16)15-23-9-1-2-10-23/h3-6,18-20H,1-2,7-15H2,(H,22,24)/t18-,19-,20-/m1/s1. The fourth-order valence-electron chi connectivity index (χ4n) is 5.10. The van der Waals surface area contributed by atoms with E-state index in [-0.39, 0.29) is 5.91 Å². The molecule has 1 heterocycles. The van der Waals surface area contributed by atoms with Crippen LogP contribution in [0.5, 0.6) is 0 Å². The lowest BCUT2D eigenvalue weighted by molar-refractivity contribution is -0.122. The highest BCUT2D eigenvalue weighted by Gasteiger charge is 2.39. The van der Waals surface area contributed by atoms with Crippen molar-refractivity contribution in [3.05, 3.63) is 35.4 Å². The summed E-state index contributed by atoms with van der Waals surface area (Å²) in [7, 11) is 0. The van der Waals surface area contributed by atoms with Gasteiger partial charge >= 0.3 is 0 Å². The number of carbonyl (C=O) groups excluding carboxylic acids is 1. The molecular weight excluding hydrogens is 296 g/mol. The van der Waals surface area contributed by atoms with Gasteiger partial charge in [-0.3, -0.25) is 9.69 Å². The molecule has 2 aliphatic carbocycles. The van der Waals surface area contributed by atoms with Gasteiger partial charge in [-0.1, -0.05) is 30.7 Å². The van der Waals surface area contributed by atoms with Crippen LogP contribution in [0, 0.1) is 17.8 Å². The Bertz CT molecular complexity index is 562. The zero-order chi connectivity index (χ0) is 16.4. The van der Waals surface area contributed by atoms with Crippen LogP contribution >= 0.6 is 0 Å². The molecule has 3 atom stereocenters. The molecule has 0 aromatic heterocycles. The Hall–Kier alpha value is -1.35. The van der Waals surface area contributed by atoms with Crippen LogP contribution in [0.4, 0.5) is 0 Å². The molecule has 0 unspecified atom stereocenters. The summed E-state index contributed by atoms with van der Waals surface area (Å²) < 4.78 is 0. The Morgan fingerprint density at radius 3 is 2.46 bits per heavy atom. The van der Waals surface area contributed by atoms with E-state index in [4.69, 9.17) is 0 Å². The van der Waals surface area contributed by atoms with Crippen LogP contribution in [0.1, 0.15) is 56.1 Å². The molecule has 2 saturated carbocycles. The summed E-state index contributed by atoms with van der Waals surface area (Å²) in [6.45, 7) is 4.21. The van der Waals surface area contributed by atoms with Crippen LogP contribution in [-0.4, -0.2) is 23.9 Å². The van der Waals surface area contributed by atoms with Gasteiger partial charge in [0.1, 0.15) is 0 Å². The molecule has 3 aliphatic rings. The summed E-state index contributed by atoms with van der Waals surface area (Å²) >= 11 is 0. The van der Waals surface area contributed by atoms with Crippen molar-refractivity contribution in [3.63, 3.8) is 0 Å². The Morgan fingerprint density at radius 2 is 1.79 bits per heavy atom. The number of likely N-dealkylation sites (tertiary alicyclic amines) is 1. The summed E-state index contributed by atoms with van der Waals surface area (Å²) in [5.41, 5.74) is 2.59. The first-order valence-electron chi connectivity index (χ1n) is 9.83. The lowest BCUT2D eigenvalue weighted by Gasteiger charge is -2.21. The predicted molar refractivity (Wildman–Crippen MR) is 96.4 cm³/mol. The highest BCUT2D eigenvalue weighted by molar-refractivity contribution is 5.76. The van der Waals surface area contributed by atoms with Crippen molar-refractivity contribution in [2.24, 2.45) is 17.8 Å². The molecule has 130 valence electrons. The molecule has 2 bridgehead atoms. The second-order valence-electron chi connectivity index (χ2n) is 8.22. The van der Waals surface area contributed by atoms with Crippen molar-refractivity contribution < 1.29 is 4.79 Å². The summed E-state index contributed by atoms with van der Waals surface area (Å²) in [4.78, 5) is 14.7. The Morgan fingerprint density at radius 1 is 1.04 bits per heavy atom. The highest BCUT2D eigenvalue weighted by atomic mass is 16.1. The Labute approximate surface area is 145 Å². The first-order chi connectivity index (χ1) is 11.8. The van der Waals surface area contributed by atoms with E-state index in [0.29, 0.717) is 12.5 Å². The average molecular weight is 326 g/mol. The molecule has 1 aliphatic heterocycles. The van der Waals surface area contributed by atoms with Crippen molar-refractivity contribution in [2.45, 2.75) is 58.0 Å². The van der Waals surface area contributed by atoms with Gasteiger partial charge in [-0.05, 0) is 74.1 Å². The molecule has 3 fully saturated rings. The third kappa shape index (κ3) is 3.83. The molecule has 1 N–H and O–H groups in total.